The molecule has 3 aromatic carbocycles. The SMILES string of the molecule is CCCCCCC(C)(c1ccc(O)cc1)C1CCC(c2ccc(O)cc2)(c2ccc(O)cc2)CC1. The molecule has 1 aliphatic carbocycles. The highest BCUT2D eigenvalue weighted by Gasteiger charge is 2.44. The zero-order valence-corrected chi connectivity index (χ0v) is 21.2. The van der Waals surface area contributed by atoms with Crippen LogP contribution in [-0.4, -0.2) is 15.3 Å². The fourth-order valence-corrected chi connectivity index (χ4v) is 6.40. The topological polar surface area (TPSA) is 60.7 Å². The Labute approximate surface area is 210 Å². The van der Waals surface area contributed by atoms with Crippen molar-refractivity contribution in [2.45, 2.75) is 82.5 Å². The Hall–Kier alpha value is -2.94. The molecule has 1 aliphatic rings. The Morgan fingerprint density at radius 2 is 1.14 bits per heavy atom. The highest BCUT2D eigenvalue weighted by molar-refractivity contribution is 5.44. The van der Waals surface area contributed by atoms with Gasteiger partial charge in [0.25, 0.3) is 0 Å². The predicted octanol–water partition coefficient (Wildman–Crippen LogP) is 8.21. The van der Waals surface area contributed by atoms with Crippen molar-refractivity contribution in [3.8, 4) is 17.2 Å². The molecular weight excluding hydrogens is 432 g/mol. The van der Waals surface area contributed by atoms with Gasteiger partial charge in [-0.1, -0.05) is 75.9 Å². The van der Waals surface area contributed by atoms with Gasteiger partial charge in [0.15, 0.2) is 0 Å². The number of rotatable bonds is 9. The van der Waals surface area contributed by atoms with Crippen molar-refractivity contribution < 1.29 is 15.3 Å². The van der Waals surface area contributed by atoms with Crippen LogP contribution in [0.3, 0.4) is 0 Å². The molecular formula is C32H40O3. The van der Waals surface area contributed by atoms with Crippen LogP contribution in [0.2, 0.25) is 0 Å². The molecule has 0 amide bonds. The molecule has 0 aliphatic heterocycles. The molecule has 0 aromatic heterocycles. The summed E-state index contributed by atoms with van der Waals surface area (Å²) in [7, 11) is 0. The molecule has 1 atom stereocenters. The van der Waals surface area contributed by atoms with E-state index in [1.807, 2.05) is 12.1 Å². The van der Waals surface area contributed by atoms with Gasteiger partial charge in [0, 0.05) is 5.41 Å². The van der Waals surface area contributed by atoms with Gasteiger partial charge in [-0.3, -0.25) is 0 Å². The Bertz CT molecular complexity index is 1010. The van der Waals surface area contributed by atoms with Crippen molar-refractivity contribution in [3.63, 3.8) is 0 Å². The van der Waals surface area contributed by atoms with Crippen molar-refractivity contribution in [1.29, 1.82) is 0 Å². The zero-order valence-electron chi connectivity index (χ0n) is 21.2. The summed E-state index contributed by atoms with van der Waals surface area (Å²) in [5.74, 6) is 1.45. The molecule has 0 radical (unpaired) electrons. The number of hydrogen-bond acceptors (Lipinski definition) is 3. The van der Waals surface area contributed by atoms with Gasteiger partial charge in [0.2, 0.25) is 0 Å². The van der Waals surface area contributed by atoms with Crippen LogP contribution in [0.5, 0.6) is 17.2 Å². The van der Waals surface area contributed by atoms with E-state index < -0.39 is 0 Å². The van der Waals surface area contributed by atoms with Gasteiger partial charge in [-0.25, -0.2) is 0 Å². The maximum absolute atomic E-state index is 9.91. The second kappa shape index (κ2) is 10.8. The average Bonchev–Trinajstić information content (AvgIpc) is 2.88. The van der Waals surface area contributed by atoms with Crippen LogP contribution in [0.15, 0.2) is 72.8 Å². The lowest BCUT2D eigenvalue weighted by atomic mass is 9.56. The highest BCUT2D eigenvalue weighted by atomic mass is 16.3. The molecule has 35 heavy (non-hydrogen) atoms. The van der Waals surface area contributed by atoms with Gasteiger partial charge in [-0.2, -0.15) is 0 Å². The Morgan fingerprint density at radius 1 is 0.686 bits per heavy atom. The summed E-state index contributed by atoms with van der Waals surface area (Å²) in [4.78, 5) is 0. The van der Waals surface area contributed by atoms with Crippen LogP contribution < -0.4 is 0 Å². The van der Waals surface area contributed by atoms with Crippen LogP contribution >= 0.6 is 0 Å². The summed E-state index contributed by atoms with van der Waals surface area (Å²) in [6.07, 6.45) is 10.4. The summed E-state index contributed by atoms with van der Waals surface area (Å²) >= 11 is 0. The zero-order chi connectivity index (χ0) is 24.9. The summed E-state index contributed by atoms with van der Waals surface area (Å²) in [6, 6.07) is 23.3. The van der Waals surface area contributed by atoms with E-state index in [2.05, 4.69) is 50.2 Å². The summed E-state index contributed by atoms with van der Waals surface area (Å²) in [5.41, 5.74) is 3.73. The number of phenolic OH excluding ortho intramolecular Hbond substituents is 3. The molecule has 3 nitrogen and oxygen atoms in total. The van der Waals surface area contributed by atoms with Gasteiger partial charge in [0.1, 0.15) is 17.2 Å². The Balaban J connectivity index is 1.64. The molecule has 0 spiro atoms. The predicted molar refractivity (Wildman–Crippen MR) is 143 cm³/mol. The van der Waals surface area contributed by atoms with Crippen molar-refractivity contribution in [1.82, 2.24) is 0 Å². The normalized spacial score (nSPS) is 17.7. The van der Waals surface area contributed by atoms with Crippen molar-refractivity contribution in [3.05, 3.63) is 89.5 Å². The third kappa shape index (κ3) is 5.34. The maximum atomic E-state index is 9.91. The first-order valence-corrected chi connectivity index (χ1v) is 13.3. The first-order chi connectivity index (χ1) is 16.9. The molecule has 186 valence electrons. The van der Waals surface area contributed by atoms with Crippen LogP contribution in [0.4, 0.5) is 0 Å². The van der Waals surface area contributed by atoms with Crippen molar-refractivity contribution in [2.75, 3.05) is 0 Å². The number of benzene rings is 3. The highest BCUT2D eigenvalue weighted by Crippen LogP contribution is 2.52. The molecule has 4 rings (SSSR count). The molecule has 3 heteroatoms. The monoisotopic (exact) mass is 472 g/mol. The van der Waals surface area contributed by atoms with Gasteiger partial charge in [-0.05, 0) is 96.5 Å². The molecule has 3 aromatic rings. The molecule has 3 N–H and O–H groups in total. The Morgan fingerprint density at radius 3 is 1.60 bits per heavy atom. The van der Waals surface area contributed by atoms with E-state index in [1.54, 1.807) is 24.3 Å². The maximum Gasteiger partial charge on any atom is 0.115 e. The van der Waals surface area contributed by atoms with E-state index in [0.717, 1.165) is 32.1 Å². The van der Waals surface area contributed by atoms with E-state index in [0.29, 0.717) is 11.7 Å². The molecule has 1 unspecified atom stereocenters. The smallest absolute Gasteiger partial charge is 0.115 e. The van der Waals surface area contributed by atoms with Crippen LogP contribution in [0.1, 0.15) is 88.3 Å². The average molecular weight is 473 g/mol. The minimum absolute atomic E-state index is 0.0670. The lowest BCUT2D eigenvalue weighted by Crippen LogP contribution is -2.40. The van der Waals surface area contributed by atoms with E-state index in [1.165, 1.54) is 42.4 Å². The molecule has 0 bridgehead atoms. The molecule has 1 fully saturated rings. The lowest BCUT2D eigenvalue weighted by Gasteiger charge is -2.47. The van der Waals surface area contributed by atoms with Gasteiger partial charge in [0.05, 0.1) is 0 Å². The number of phenols is 3. The fourth-order valence-electron chi connectivity index (χ4n) is 6.40. The minimum atomic E-state index is -0.129. The first kappa shape index (κ1) is 25.2. The van der Waals surface area contributed by atoms with Gasteiger partial charge < -0.3 is 15.3 Å². The summed E-state index contributed by atoms with van der Waals surface area (Å²) in [5, 5.41) is 29.7. The number of hydrogen-bond donors (Lipinski definition) is 3. The summed E-state index contributed by atoms with van der Waals surface area (Å²) in [6.45, 7) is 4.69. The Kier molecular flexibility index (Phi) is 7.74. The van der Waals surface area contributed by atoms with E-state index in [-0.39, 0.29) is 22.3 Å². The third-order valence-corrected chi connectivity index (χ3v) is 8.66. The van der Waals surface area contributed by atoms with E-state index >= 15 is 0 Å². The second-order valence-corrected chi connectivity index (χ2v) is 10.7. The molecule has 0 saturated heterocycles. The second-order valence-electron chi connectivity index (χ2n) is 10.7. The number of unbranched alkanes of at least 4 members (excludes halogenated alkanes) is 3. The quantitative estimate of drug-likeness (QED) is 0.275. The summed E-state index contributed by atoms with van der Waals surface area (Å²) < 4.78 is 0. The van der Waals surface area contributed by atoms with Gasteiger partial charge in [-0.15, -0.1) is 0 Å². The largest absolute Gasteiger partial charge is 0.508 e. The molecule has 1 saturated carbocycles. The number of aromatic hydroxyl groups is 3. The fraction of sp³-hybridized carbons (Fsp3) is 0.438. The van der Waals surface area contributed by atoms with Crippen LogP contribution in [-0.2, 0) is 10.8 Å². The third-order valence-electron chi connectivity index (χ3n) is 8.66. The van der Waals surface area contributed by atoms with Crippen molar-refractivity contribution in [2.24, 2.45) is 5.92 Å². The van der Waals surface area contributed by atoms with E-state index in [4.69, 9.17) is 0 Å². The van der Waals surface area contributed by atoms with Crippen molar-refractivity contribution >= 4 is 0 Å². The van der Waals surface area contributed by atoms with E-state index in [9.17, 15) is 15.3 Å². The van der Waals surface area contributed by atoms with Gasteiger partial charge >= 0.3 is 0 Å². The minimum Gasteiger partial charge on any atom is -0.508 e. The molecule has 0 heterocycles. The standard InChI is InChI=1S/C32H40O3/c1-3-4-5-6-21-31(2,24-7-13-28(33)14-8-24)25-19-22-32(23-20-25,26-9-15-29(34)16-10-26)27-11-17-30(35)18-12-27/h7-18,25,33-35H,3-6,19-23H2,1-2H3. The lowest BCUT2D eigenvalue weighted by molar-refractivity contribution is 0.165. The first-order valence-electron chi connectivity index (χ1n) is 13.3. The van der Waals surface area contributed by atoms with Crippen LogP contribution in [0.25, 0.3) is 0 Å². The van der Waals surface area contributed by atoms with Crippen LogP contribution in [0, 0.1) is 5.92 Å².